The van der Waals surface area contributed by atoms with E-state index in [4.69, 9.17) is 0 Å². The van der Waals surface area contributed by atoms with Crippen molar-refractivity contribution >= 4 is 10.2 Å². The first-order valence-corrected chi connectivity index (χ1v) is 9.80. The highest BCUT2D eigenvalue weighted by molar-refractivity contribution is 7.87. The fraction of sp³-hybridized carbons (Fsp3) is 1.00. The summed E-state index contributed by atoms with van der Waals surface area (Å²) in [7, 11) is -3.30. The summed E-state index contributed by atoms with van der Waals surface area (Å²) in [5, 5.41) is 3.42. The normalized spacial score (nSPS) is 26.2. The zero-order valence-electron chi connectivity index (χ0n) is 13.6. The smallest absolute Gasteiger partial charge is 0.279 e. The molecule has 124 valence electrons. The summed E-state index contributed by atoms with van der Waals surface area (Å²) in [5.41, 5.74) is 0. The molecule has 2 rings (SSSR count). The number of nitrogens with zero attached hydrogens (tertiary/aromatic N) is 1. The Balaban J connectivity index is 1.80. The lowest BCUT2D eigenvalue weighted by Crippen LogP contribution is -2.48. The van der Waals surface area contributed by atoms with Crippen LogP contribution in [-0.4, -0.2) is 44.9 Å². The maximum atomic E-state index is 12.4. The number of nitrogens with one attached hydrogen (secondary N) is 2. The van der Waals surface area contributed by atoms with Gasteiger partial charge in [0.25, 0.3) is 10.2 Å². The average molecular weight is 317 g/mol. The van der Waals surface area contributed by atoms with Gasteiger partial charge in [-0.05, 0) is 50.0 Å². The molecule has 0 bridgehead atoms. The van der Waals surface area contributed by atoms with Crippen molar-refractivity contribution in [2.45, 2.75) is 52.5 Å². The van der Waals surface area contributed by atoms with Crippen molar-refractivity contribution in [2.24, 2.45) is 17.8 Å². The lowest BCUT2D eigenvalue weighted by atomic mass is 9.99. The second-order valence-corrected chi connectivity index (χ2v) is 8.85. The van der Waals surface area contributed by atoms with Gasteiger partial charge in [0.1, 0.15) is 0 Å². The van der Waals surface area contributed by atoms with Gasteiger partial charge >= 0.3 is 0 Å². The van der Waals surface area contributed by atoms with Crippen molar-refractivity contribution < 1.29 is 8.42 Å². The van der Waals surface area contributed by atoms with E-state index in [-0.39, 0.29) is 0 Å². The van der Waals surface area contributed by atoms with Crippen LogP contribution in [0.15, 0.2) is 0 Å². The van der Waals surface area contributed by atoms with Gasteiger partial charge in [0, 0.05) is 25.7 Å². The molecule has 2 aliphatic rings. The third-order valence-corrected chi connectivity index (χ3v) is 6.19. The average Bonchev–Trinajstić information content (AvgIpc) is 3.27. The summed E-state index contributed by atoms with van der Waals surface area (Å²) in [6.07, 6.45) is 4.60. The fourth-order valence-corrected chi connectivity index (χ4v) is 4.41. The Kier molecular flexibility index (Phi) is 6.05. The van der Waals surface area contributed by atoms with Gasteiger partial charge in [0.15, 0.2) is 0 Å². The first-order valence-electron chi connectivity index (χ1n) is 8.36. The zero-order chi connectivity index (χ0) is 15.5. The number of hydrogen-bond donors (Lipinski definition) is 2. The van der Waals surface area contributed by atoms with Gasteiger partial charge in [-0.25, -0.2) is 4.72 Å². The first kappa shape index (κ1) is 17.2. The Morgan fingerprint density at radius 3 is 2.52 bits per heavy atom. The summed E-state index contributed by atoms with van der Waals surface area (Å²) < 4.78 is 29.3. The highest BCUT2D eigenvalue weighted by atomic mass is 32.2. The number of piperidine rings is 1. The summed E-state index contributed by atoms with van der Waals surface area (Å²) in [6.45, 7) is 9.18. The summed E-state index contributed by atoms with van der Waals surface area (Å²) >= 11 is 0. The van der Waals surface area contributed by atoms with E-state index in [1.54, 1.807) is 4.31 Å². The molecule has 21 heavy (non-hydrogen) atoms. The van der Waals surface area contributed by atoms with Crippen LogP contribution in [0.2, 0.25) is 0 Å². The lowest BCUT2D eigenvalue weighted by Gasteiger charge is -2.32. The molecule has 0 amide bonds. The highest BCUT2D eigenvalue weighted by Gasteiger charge is 2.32. The molecule has 1 saturated heterocycles. The molecule has 1 saturated carbocycles. The van der Waals surface area contributed by atoms with Crippen LogP contribution < -0.4 is 10.0 Å². The molecular weight excluding hydrogens is 286 g/mol. The van der Waals surface area contributed by atoms with E-state index < -0.39 is 10.2 Å². The zero-order valence-corrected chi connectivity index (χ0v) is 14.5. The van der Waals surface area contributed by atoms with Crippen LogP contribution in [0.25, 0.3) is 0 Å². The topological polar surface area (TPSA) is 61.4 Å². The van der Waals surface area contributed by atoms with Crippen LogP contribution in [0, 0.1) is 17.8 Å². The molecular formula is C15H31N3O2S. The maximum Gasteiger partial charge on any atom is 0.279 e. The lowest BCUT2D eigenvalue weighted by molar-refractivity contribution is 0.253. The van der Waals surface area contributed by atoms with E-state index in [1.165, 1.54) is 12.8 Å². The molecule has 2 N–H and O–H groups in total. The van der Waals surface area contributed by atoms with Crippen LogP contribution >= 0.6 is 0 Å². The van der Waals surface area contributed by atoms with Crippen LogP contribution in [-0.2, 0) is 10.2 Å². The van der Waals surface area contributed by atoms with E-state index in [1.807, 2.05) is 0 Å². The molecule has 1 heterocycles. The Hall–Kier alpha value is -0.170. The Morgan fingerprint density at radius 1 is 1.19 bits per heavy atom. The first-order chi connectivity index (χ1) is 9.88. The SMILES string of the molecule is CC(C)NCC1CCCN(S(=O)(=O)NCC(C)C2CC2)C1. The minimum atomic E-state index is -3.30. The largest absolute Gasteiger partial charge is 0.314 e. The Labute approximate surface area is 130 Å². The summed E-state index contributed by atoms with van der Waals surface area (Å²) in [4.78, 5) is 0. The van der Waals surface area contributed by atoms with E-state index in [0.717, 1.165) is 25.3 Å². The van der Waals surface area contributed by atoms with Crippen molar-refractivity contribution in [2.75, 3.05) is 26.2 Å². The van der Waals surface area contributed by atoms with Gasteiger partial charge in [0.05, 0.1) is 0 Å². The molecule has 5 nitrogen and oxygen atoms in total. The van der Waals surface area contributed by atoms with E-state index in [0.29, 0.717) is 37.5 Å². The van der Waals surface area contributed by atoms with Crippen molar-refractivity contribution in [3.8, 4) is 0 Å². The predicted molar refractivity (Wildman–Crippen MR) is 86.2 cm³/mol. The molecule has 0 spiro atoms. The maximum absolute atomic E-state index is 12.4. The Bertz CT molecular complexity index is 421. The van der Waals surface area contributed by atoms with Gasteiger partial charge in [-0.2, -0.15) is 12.7 Å². The van der Waals surface area contributed by atoms with Crippen molar-refractivity contribution in [3.05, 3.63) is 0 Å². The van der Waals surface area contributed by atoms with Gasteiger partial charge in [-0.3, -0.25) is 0 Å². The van der Waals surface area contributed by atoms with E-state index in [2.05, 4.69) is 30.8 Å². The quantitative estimate of drug-likeness (QED) is 0.714. The molecule has 0 aromatic heterocycles. The minimum Gasteiger partial charge on any atom is -0.314 e. The summed E-state index contributed by atoms with van der Waals surface area (Å²) in [6, 6.07) is 0.453. The standard InChI is InChI=1S/C15H31N3O2S/c1-12(2)16-10-14-5-4-8-18(11-14)21(19,20)17-9-13(3)15-6-7-15/h12-17H,4-11H2,1-3H3. The van der Waals surface area contributed by atoms with Crippen molar-refractivity contribution in [3.63, 3.8) is 0 Å². The molecule has 0 aromatic carbocycles. The van der Waals surface area contributed by atoms with Gasteiger partial charge < -0.3 is 5.32 Å². The van der Waals surface area contributed by atoms with Gasteiger partial charge in [-0.15, -0.1) is 0 Å². The third-order valence-electron chi connectivity index (χ3n) is 4.65. The van der Waals surface area contributed by atoms with Crippen LogP contribution in [0.1, 0.15) is 46.5 Å². The Morgan fingerprint density at radius 2 is 1.90 bits per heavy atom. The molecule has 1 aliphatic carbocycles. The fourth-order valence-electron chi connectivity index (χ4n) is 2.97. The predicted octanol–water partition coefficient (Wildman–Crippen LogP) is 1.58. The second kappa shape index (κ2) is 7.40. The van der Waals surface area contributed by atoms with E-state index >= 15 is 0 Å². The van der Waals surface area contributed by atoms with Crippen LogP contribution in [0.5, 0.6) is 0 Å². The van der Waals surface area contributed by atoms with Crippen LogP contribution in [0.3, 0.4) is 0 Å². The molecule has 0 radical (unpaired) electrons. The minimum absolute atomic E-state index is 0.429. The molecule has 6 heteroatoms. The van der Waals surface area contributed by atoms with Gasteiger partial charge in [0.2, 0.25) is 0 Å². The molecule has 0 aromatic rings. The van der Waals surface area contributed by atoms with Gasteiger partial charge in [-0.1, -0.05) is 20.8 Å². The number of rotatable bonds is 8. The summed E-state index contributed by atoms with van der Waals surface area (Å²) in [5.74, 6) is 1.62. The molecule has 1 aliphatic heterocycles. The van der Waals surface area contributed by atoms with Crippen molar-refractivity contribution in [1.29, 1.82) is 0 Å². The molecule has 2 fully saturated rings. The highest BCUT2D eigenvalue weighted by Crippen LogP contribution is 2.36. The monoisotopic (exact) mass is 317 g/mol. The molecule has 2 atom stereocenters. The van der Waals surface area contributed by atoms with Crippen molar-refractivity contribution in [1.82, 2.24) is 14.3 Å². The third kappa shape index (κ3) is 5.51. The number of hydrogen-bond acceptors (Lipinski definition) is 3. The molecule has 2 unspecified atom stereocenters. The van der Waals surface area contributed by atoms with Crippen LogP contribution in [0.4, 0.5) is 0 Å². The van der Waals surface area contributed by atoms with E-state index in [9.17, 15) is 8.42 Å². The second-order valence-electron chi connectivity index (χ2n) is 7.10.